The third kappa shape index (κ3) is 4.49. The Morgan fingerprint density at radius 2 is 1.90 bits per heavy atom. The van der Waals surface area contributed by atoms with Gasteiger partial charge in [0.05, 0.1) is 36.1 Å². The number of rotatable bonds is 6. The van der Waals surface area contributed by atoms with E-state index in [0.717, 1.165) is 24.8 Å². The number of carbonyl (C=O) groups is 1. The number of esters is 1. The van der Waals surface area contributed by atoms with Crippen LogP contribution in [-0.4, -0.2) is 87.7 Å². The summed E-state index contributed by atoms with van der Waals surface area (Å²) in [5, 5.41) is 45.4. The highest BCUT2D eigenvalue weighted by atomic mass is 16.7. The third-order valence-corrected chi connectivity index (χ3v) is 12.2. The van der Waals surface area contributed by atoms with Gasteiger partial charge >= 0.3 is 5.97 Å². The lowest BCUT2D eigenvalue weighted by Crippen LogP contribution is -2.69. The van der Waals surface area contributed by atoms with Crippen molar-refractivity contribution in [2.24, 2.45) is 33.6 Å². The van der Waals surface area contributed by atoms with Crippen LogP contribution in [0.15, 0.2) is 29.3 Å². The summed E-state index contributed by atoms with van der Waals surface area (Å²) < 4.78 is 17.4. The molecule has 5 fully saturated rings. The van der Waals surface area contributed by atoms with E-state index in [1.165, 1.54) is 0 Å². The standard InChI is InChI=1S/C32H47NO8/c1-4-13-33-18-30-10-5-21(41-27-15-25(34)28(36)19(2)40-27)16-31(30,37)11-7-24-23(30)6-9-29(3)22(8-12-32(24,29)38)20-14-26(35)39-17-20/h4,14,18-19,21-25,27-28,34,36-38H,1,5-13,15-17H2,2-3H3/t19-,21-,22+,23-,24+,25-,27+,28+,29+,30-,31-,32-/m0/s1. The van der Waals surface area contributed by atoms with E-state index in [0.29, 0.717) is 51.7 Å². The van der Waals surface area contributed by atoms with Crippen molar-refractivity contribution in [3.63, 3.8) is 0 Å². The van der Waals surface area contributed by atoms with Crippen LogP contribution in [0.25, 0.3) is 0 Å². The lowest BCUT2D eigenvalue weighted by Gasteiger charge is -2.66. The molecule has 6 aliphatic rings. The van der Waals surface area contributed by atoms with Crippen LogP contribution < -0.4 is 0 Å². The fourth-order valence-electron chi connectivity index (χ4n) is 10.1. The average molecular weight is 574 g/mol. The molecule has 41 heavy (non-hydrogen) atoms. The van der Waals surface area contributed by atoms with Gasteiger partial charge in [-0.25, -0.2) is 4.79 Å². The van der Waals surface area contributed by atoms with Crippen molar-refractivity contribution in [2.45, 2.75) is 120 Å². The number of hydrogen-bond acceptors (Lipinski definition) is 9. The first kappa shape index (κ1) is 29.5. The molecule has 9 heteroatoms. The lowest BCUT2D eigenvalue weighted by molar-refractivity contribution is -0.282. The maximum absolute atomic E-state index is 12.6. The number of aliphatic hydroxyl groups is 4. The van der Waals surface area contributed by atoms with Gasteiger partial charge in [0.1, 0.15) is 12.7 Å². The number of fused-ring (bicyclic) bond motifs is 5. The summed E-state index contributed by atoms with van der Waals surface area (Å²) in [4.78, 5) is 16.6. The summed E-state index contributed by atoms with van der Waals surface area (Å²) in [6.07, 6.45) is 8.52. The molecule has 0 bridgehead atoms. The Kier molecular flexibility index (Phi) is 7.56. The molecule has 228 valence electrons. The van der Waals surface area contributed by atoms with Gasteiger partial charge in [0.2, 0.25) is 0 Å². The summed E-state index contributed by atoms with van der Waals surface area (Å²) in [5.74, 6) is -0.101. The van der Waals surface area contributed by atoms with Crippen LogP contribution in [0.4, 0.5) is 0 Å². The zero-order valence-corrected chi connectivity index (χ0v) is 24.4. The Morgan fingerprint density at radius 3 is 2.61 bits per heavy atom. The van der Waals surface area contributed by atoms with E-state index in [1.807, 2.05) is 6.21 Å². The normalized spacial score (nSPS) is 51.5. The highest BCUT2D eigenvalue weighted by Gasteiger charge is 2.71. The molecule has 6 rings (SSSR count). The Balaban J connectivity index is 1.26. The van der Waals surface area contributed by atoms with E-state index in [4.69, 9.17) is 19.2 Å². The summed E-state index contributed by atoms with van der Waals surface area (Å²) in [5.41, 5.74) is -1.91. The summed E-state index contributed by atoms with van der Waals surface area (Å²) in [7, 11) is 0. The minimum Gasteiger partial charge on any atom is -0.458 e. The molecule has 2 heterocycles. The van der Waals surface area contributed by atoms with Crippen LogP contribution in [0.5, 0.6) is 0 Å². The van der Waals surface area contributed by atoms with E-state index < -0.39 is 41.2 Å². The monoisotopic (exact) mass is 573 g/mol. The second-order valence-electron chi connectivity index (χ2n) is 14.0. The molecule has 1 saturated heterocycles. The third-order valence-electron chi connectivity index (χ3n) is 12.2. The molecule has 0 aromatic rings. The molecule has 0 unspecified atom stereocenters. The fraction of sp³-hybridized carbons (Fsp3) is 0.812. The van der Waals surface area contributed by atoms with E-state index in [1.54, 1.807) is 19.1 Å². The topological polar surface area (TPSA) is 138 Å². The van der Waals surface area contributed by atoms with Crippen molar-refractivity contribution in [2.75, 3.05) is 13.2 Å². The molecular weight excluding hydrogens is 526 g/mol. The first-order chi connectivity index (χ1) is 19.5. The molecule has 0 aromatic heterocycles. The van der Waals surface area contributed by atoms with Crippen LogP contribution in [0.3, 0.4) is 0 Å². The summed E-state index contributed by atoms with van der Waals surface area (Å²) >= 11 is 0. The number of hydrogen-bond donors (Lipinski definition) is 4. The molecule has 12 atom stereocenters. The molecule has 0 amide bonds. The van der Waals surface area contributed by atoms with Crippen molar-refractivity contribution in [1.29, 1.82) is 0 Å². The van der Waals surface area contributed by atoms with Gasteiger partial charge in [-0.05, 0) is 81.6 Å². The molecule has 0 aromatic carbocycles. The molecular formula is C32H47NO8. The Hall–Kier alpha value is -1.62. The molecule has 4 N–H and O–H groups in total. The number of aliphatic hydroxyl groups excluding tert-OH is 2. The van der Waals surface area contributed by atoms with Gasteiger partial charge in [-0.1, -0.05) is 13.0 Å². The van der Waals surface area contributed by atoms with E-state index in [-0.39, 0.29) is 41.7 Å². The van der Waals surface area contributed by atoms with Gasteiger partial charge < -0.3 is 34.6 Å². The number of cyclic esters (lactones) is 1. The van der Waals surface area contributed by atoms with Gasteiger partial charge in [-0.3, -0.25) is 4.99 Å². The fourth-order valence-corrected chi connectivity index (χ4v) is 10.1. The number of ether oxygens (including phenoxy) is 3. The Bertz CT molecular complexity index is 1100. The van der Waals surface area contributed by atoms with Gasteiger partial charge in [0, 0.05) is 36.0 Å². The molecule has 4 saturated carbocycles. The van der Waals surface area contributed by atoms with Crippen molar-refractivity contribution in [3.8, 4) is 0 Å². The predicted molar refractivity (Wildman–Crippen MR) is 151 cm³/mol. The van der Waals surface area contributed by atoms with Crippen LogP contribution in [0.1, 0.15) is 78.1 Å². The minimum atomic E-state index is -1.06. The van der Waals surface area contributed by atoms with Crippen LogP contribution >= 0.6 is 0 Å². The highest BCUT2D eigenvalue weighted by Crippen LogP contribution is 2.70. The quantitative estimate of drug-likeness (QED) is 0.165. The Labute approximate surface area is 242 Å². The lowest BCUT2D eigenvalue weighted by atomic mass is 9.41. The zero-order chi connectivity index (χ0) is 29.2. The largest absolute Gasteiger partial charge is 0.458 e. The summed E-state index contributed by atoms with van der Waals surface area (Å²) in [6, 6.07) is 0. The average Bonchev–Trinajstić information content (AvgIpc) is 3.47. The summed E-state index contributed by atoms with van der Waals surface area (Å²) in [6.45, 7) is 8.54. The molecule has 9 nitrogen and oxygen atoms in total. The van der Waals surface area contributed by atoms with E-state index in [2.05, 4.69) is 13.5 Å². The second kappa shape index (κ2) is 10.5. The van der Waals surface area contributed by atoms with Gasteiger partial charge in [0.25, 0.3) is 0 Å². The maximum Gasteiger partial charge on any atom is 0.331 e. The molecule has 0 radical (unpaired) electrons. The second-order valence-corrected chi connectivity index (χ2v) is 14.0. The van der Waals surface area contributed by atoms with Crippen molar-refractivity contribution in [3.05, 3.63) is 24.3 Å². The SMILES string of the molecule is C=CCN=C[C@]12CC[C@H](O[C@@H]3C[C@H](O)[C@H](O)[C@H](C)O3)C[C@@]1(O)CC[C@@H]1[C@@H]2CC[C@]2(C)[C@@H](C3=CC(=O)OC3)CC[C@]12O. The van der Waals surface area contributed by atoms with Crippen LogP contribution in [-0.2, 0) is 19.0 Å². The number of nitrogens with zero attached hydrogens (tertiary/aromatic N) is 1. The first-order valence-corrected chi connectivity index (χ1v) is 15.6. The van der Waals surface area contributed by atoms with Crippen molar-refractivity contribution >= 4 is 12.2 Å². The van der Waals surface area contributed by atoms with E-state index in [9.17, 15) is 25.2 Å². The number of carbonyl (C=O) groups excluding carboxylic acids is 1. The molecule has 4 aliphatic carbocycles. The number of aliphatic imine (C=N–C) groups is 1. The highest BCUT2D eigenvalue weighted by molar-refractivity contribution is 5.85. The van der Waals surface area contributed by atoms with Crippen molar-refractivity contribution < 1.29 is 39.4 Å². The minimum absolute atomic E-state index is 0.0111. The van der Waals surface area contributed by atoms with E-state index >= 15 is 0 Å². The van der Waals surface area contributed by atoms with Gasteiger partial charge in [0.15, 0.2) is 6.29 Å². The smallest absolute Gasteiger partial charge is 0.331 e. The van der Waals surface area contributed by atoms with Crippen molar-refractivity contribution in [1.82, 2.24) is 0 Å². The first-order valence-electron chi connectivity index (χ1n) is 15.6. The predicted octanol–water partition coefficient (Wildman–Crippen LogP) is 2.84. The Morgan fingerprint density at radius 1 is 1.12 bits per heavy atom. The van der Waals surface area contributed by atoms with Crippen LogP contribution in [0, 0.1) is 28.6 Å². The maximum atomic E-state index is 12.6. The molecule has 2 aliphatic heterocycles. The molecule has 0 spiro atoms. The van der Waals surface area contributed by atoms with Gasteiger partial charge in [-0.2, -0.15) is 0 Å². The zero-order valence-electron chi connectivity index (χ0n) is 24.4. The van der Waals surface area contributed by atoms with Crippen LogP contribution in [0.2, 0.25) is 0 Å². The van der Waals surface area contributed by atoms with Gasteiger partial charge in [-0.15, -0.1) is 6.58 Å².